The van der Waals surface area contributed by atoms with E-state index in [-0.39, 0.29) is 31.1 Å². The summed E-state index contributed by atoms with van der Waals surface area (Å²) in [6.45, 7) is 6.53. The van der Waals surface area contributed by atoms with Crippen LogP contribution < -0.4 is 0 Å². The van der Waals surface area contributed by atoms with Gasteiger partial charge in [-0.3, -0.25) is 14.4 Å². The lowest BCUT2D eigenvalue weighted by atomic mass is 10.0. The highest BCUT2D eigenvalue weighted by Crippen LogP contribution is 2.16. The lowest BCUT2D eigenvalue weighted by Gasteiger charge is -2.18. The maximum absolute atomic E-state index is 12.8. The molecule has 0 bridgehead atoms. The largest absolute Gasteiger partial charge is 0.462 e. The second-order valence-corrected chi connectivity index (χ2v) is 17.4. The van der Waals surface area contributed by atoms with Gasteiger partial charge in [0.1, 0.15) is 13.2 Å². The van der Waals surface area contributed by atoms with Crippen molar-refractivity contribution in [3.8, 4) is 0 Å². The first-order valence-corrected chi connectivity index (χ1v) is 26.0. The third-order valence-corrected chi connectivity index (χ3v) is 11.4. The van der Waals surface area contributed by atoms with Crippen LogP contribution in [0.3, 0.4) is 0 Å². The minimum absolute atomic E-state index is 0.0750. The number of unbranched alkanes of at least 4 members (excludes halogenated alkanes) is 30. The molecule has 0 rings (SSSR count). The van der Waals surface area contributed by atoms with Gasteiger partial charge in [0.15, 0.2) is 6.10 Å². The molecule has 0 heterocycles. The summed E-state index contributed by atoms with van der Waals surface area (Å²) in [4.78, 5) is 37.9. The van der Waals surface area contributed by atoms with Gasteiger partial charge in [0.25, 0.3) is 0 Å². The van der Waals surface area contributed by atoms with Crippen LogP contribution in [0.15, 0.2) is 36.5 Å². The summed E-state index contributed by atoms with van der Waals surface area (Å²) >= 11 is 0. The van der Waals surface area contributed by atoms with Crippen LogP contribution in [0.2, 0.25) is 0 Å². The van der Waals surface area contributed by atoms with E-state index in [9.17, 15) is 14.4 Å². The van der Waals surface area contributed by atoms with Gasteiger partial charge in [0, 0.05) is 19.3 Å². The first-order chi connectivity index (χ1) is 29.5. The van der Waals surface area contributed by atoms with Crippen LogP contribution >= 0.6 is 0 Å². The van der Waals surface area contributed by atoms with Crippen molar-refractivity contribution in [2.75, 3.05) is 13.2 Å². The van der Waals surface area contributed by atoms with Crippen LogP contribution in [0.25, 0.3) is 0 Å². The Hall–Kier alpha value is -2.37. The van der Waals surface area contributed by atoms with Crippen molar-refractivity contribution in [3.05, 3.63) is 36.5 Å². The number of rotatable bonds is 47. The lowest BCUT2D eigenvalue weighted by molar-refractivity contribution is -0.167. The predicted molar refractivity (Wildman–Crippen MR) is 256 cm³/mol. The number of esters is 3. The molecule has 1 atom stereocenters. The average molecular weight is 843 g/mol. The van der Waals surface area contributed by atoms with E-state index in [4.69, 9.17) is 14.2 Å². The lowest BCUT2D eigenvalue weighted by Crippen LogP contribution is -2.30. The predicted octanol–water partition coefficient (Wildman–Crippen LogP) is 16.9. The third-order valence-electron chi connectivity index (χ3n) is 11.4. The summed E-state index contributed by atoms with van der Waals surface area (Å²) < 4.78 is 16.8. The van der Waals surface area contributed by atoms with Crippen molar-refractivity contribution in [2.45, 2.75) is 277 Å². The van der Waals surface area contributed by atoms with Crippen molar-refractivity contribution < 1.29 is 28.6 Å². The van der Waals surface area contributed by atoms with Crippen molar-refractivity contribution in [1.82, 2.24) is 0 Å². The molecule has 60 heavy (non-hydrogen) atoms. The zero-order valence-electron chi connectivity index (χ0n) is 40.0. The number of carbonyl (C=O) groups excluding carboxylic acids is 3. The van der Waals surface area contributed by atoms with Gasteiger partial charge in [-0.05, 0) is 51.4 Å². The molecule has 0 spiro atoms. The van der Waals surface area contributed by atoms with Gasteiger partial charge in [-0.1, -0.05) is 237 Å². The Morgan fingerprint density at radius 1 is 0.350 bits per heavy atom. The fraction of sp³-hybridized carbons (Fsp3) is 0.833. The molecule has 6 heteroatoms. The molecule has 0 aromatic rings. The molecule has 0 N–H and O–H groups in total. The molecule has 0 radical (unpaired) electrons. The van der Waals surface area contributed by atoms with E-state index >= 15 is 0 Å². The molecule has 0 aromatic carbocycles. The quantitative estimate of drug-likeness (QED) is 0.0263. The monoisotopic (exact) mass is 843 g/mol. The van der Waals surface area contributed by atoms with Crippen LogP contribution in [0.5, 0.6) is 0 Å². The van der Waals surface area contributed by atoms with Crippen LogP contribution in [0.4, 0.5) is 0 Å². The van der Waals surface area contributed by atoms with Crippen LogP contribution in [-0.4, -0.2) is 37.2 Å². The second-order valence-electron chi connectivity index (χ2n) is 17.4. The van der Waals surface area contributed by atoms with E-state index in [1.165, 1.54) is 135 Å². The van der Waals surface area contributed by atoms with E-state index in [1.807, 2.05) is 0 Å². The van der Waals surface area contributed by atoms with E-state index in [1.54, 1.807) is 0 Å². The Bertz CT molecular complexity index is 1020. The van der Waals surface area contributed by atoms with Crippen molar-refractivity contribution in [1.29, 1.82) is 0 Å². The molecule has 0 fully saturated rings. The maximum atomic E-state index is 12.8. The standard InChI is InChI=1S/C54H98O6/c1-4-7-10-13-16-19-22-24-26-28-29-32-35-38-41-44-47-53(56)59-50-51(49-58-52(55)46-43-40-37-34-31-21-18-15-12-9-6-3)60-54(57)48-45-42-39-36-33-30-27-25-23-20-17-14-11-8-5-2/h8,11,17,20,25,27,51H,4-7,9-10,12-16,18-19,21-24,26,28-50H2,1-3H3/b11-8-,20-17-,27-25-. The fourth-order valence-corrected chi connectivity index (χ4v) is 7.52. The van der Waals surface area contributed by atoms with Gasteiger partial charge in [-0.25, -0.2) is 0 Å². The number of hydrogen-bond donors (Lipinski definition) is 0. The zero-order chi connectivity index (χ0) is 43.7. The summed E-state index contributed by atoms with van der Waals surface area (Å²) in [6, 6.07) is 0. The van der Waals surface area contributed by atoms with E-state index < -0.39 is 6.10 Å². The molecule has 0 aliphatic rings. The molecule has 1 unspecified atom stereocenters. The van der Waals surface area contributed by atoms with Crippen LogP contribution in [-0.2, 0) is 28.6 Å². The third kappa shape index (κ3) is 46.7. The molecule has 0 aliphatic carbocycles. The molecular formula is C54H98O6. The van der Waals surface area contributed by atoms with Crippen molar-refractivity contribution >= 4 is 17.9 Å². The zero-order valence-corrected chi connectivity index (χ0v) is 40.0. The van der Waals surface area contributed by atoms with Crippen molar-refractivity contribution in [3.63, 3.8) is 0 Å². The Kier molecular flexibility index (Phi) is 47.3. The minimum Gasteiger partial charge on any atom is -0.462 e. The Morgan fingerprint density at radius 3 is 1.02 bits per heavy atom. The molecule has 0 saturated carbocycles. The molecule has 0 aromatic heterocycles. The topological polar surface area (TPSA) is 78.9 Å². The van der Waals surface area contributed by atoms with E-state index in [2.05, 4.69) is 57.2 Å². The summed E-state index contributed by atoms with van der Waals surface area (Å²) in [5, 5.41) is 0. The summed E-state index contributed by atoms with van der Waals surface area (Å²) in [6.07, 6.45) is 57.0. The Morgan fingerprint density at radius 2 is 0.650 bits per heavy atom. The second kappa shape index (κ2) is 49.3. The van der Waals surface area contributed by atoms with Crippen molar-refractivity contribution in [2.24, 2.45) is 0 Å². The Labute approximate surface area is 372 Å². The highest BCUT2D eigenvalue weighted by atomic mass is 16.6. The summed E-state index contributed by atoms with van der Waals surface area (Å²) in [7, 11) is 0. The molecule has 0 saturated heterocycles. The Balaban J connectivity index is 4.35. The molecule has 6 nitrogen and oxygen atoms in total. The van der Waals surface area contributed by atoms with Gasteiger partial charge in [0.2, 0.25) is 0 Å². The van der Waals surface area contributed by atoms with E-state index in [0.29, 0.717) is 19.3 Å². The smallest absolute Gasteiger partial charge is 0.306 e. The highest BCUT2D eigenvalue weighted by molar-refractivity contribution is 5.71. The maximum Gasteiger partial charge on any atom is 0.306 e. The number of ether oxygens (including phenoxy) is 3. The number of hydrogen-bond acceptors (Lipinski definition) is 6. The van der Waals surface area contributed by atoms with Gasteiger partial charge < -0.3 is 14.2 Å². The molecule has 0 aliphatic heterocycles. The van der Waals surface area contributed by atoms with Gasteiger partial charge in [-0.2, -0.15) is 0 Å². The average Bonchev–Trinajstić information content (AvgIpc) is 3.24. The molecular weight excluding hydrogens is 745 g/mol. The van der Waals surface area contributed by atoms with Gasteiger partial charge >= 0.3 is 17.9 Å². The normalized spacial score (nSPS) is 12.2. The molecule has 350 valence electrons. The van der Waals surface area contributed by atoms with Gasteiger partial charge in [0.05, 0.1) is 0 Å². The SMILES string of the molecule is CC/C=C\C/C=C\C/C=C\CCCCCCCC(=O)OC(COC(=O)CCCCCCCCCCCCC)COC(=O)CCCCCCCCCCCCCCCCCC. The first kappa shape index (κ1) is 57.6. The summed E-state index contributed by atoms with van der Waals surface area (Å²) in [5.74, 6) is -0.881. The fourth-order valence-electron chi connectivity index (χ4n) is 7.52. The highest BCUT2D eigenvalue weighted by Gasteiger charge is 2.19. The number of carbonyl (C=O) groups is 3. The minimum atomic E-state index is -0.775. The van der Waals surface area contributed by atoms with Gasteiger partial charge in [-0.15, -0.1) is 0 Å². The molecule has 0 amide bonds. The van der Waals surface area contributed by atoms with Crippen LogP contribution in [0, 0.1) is 0 Å². The summed E-state index contributed by atoms with van der Waals surface area (Å²) in [5.41, 5.74) is 0. The number of allylic oxidation sites excluding steroid dienone is 6. The first-order valence-electron chi connectivity index (χ1n) is 26.0. The van der Waals surface area contributed by atoms with E-state index in [0.717, 1.165) is 96.3 Å². The van der Waals surface area contributed by atoms with Crippen LogP contribution in [0.1, 0.15) is 271 Å².